The normalized spacial score (nSPS) is 27.3. The summed E-state index contributed by atoms with van der Waals surface area (Å²) in [5.41, 5.74) is 5.73. The summed E-state index contributed by atoms with van der Waals surface area (Å²) in [5.74, 6) is 0.574. The van der Waals surface area contributed by atoms with E-state index in [4.69, 9.17) is 18.0 Å². The fourth-order valence-electron chi connectivity index (χ4n) is 2.92. The molecule has 0 radical (unpaired) electrons. The number of carbonyl (C=O) groups excluding carboxylic acids is 1. The SMILES string of the molecule is CC1(C)C(CNC(=O)C2(C(N)=S)CC2)C1(C)C. The zero-order chi connectivity index (χ0) is 13.1. The topological polar surface area (TPSA) is 55.1 Å². The molecule has 2 fully saturated rings. The van der Waals surface area contributed by atoms with Gasteiger partial charge in [-0.05, 0) is 29.6 Å². The van der Waals surface area contributed by atoms with E-state index < -0.39 is 5.41 Å². The monoisotopic (exact) mass is 254 g/mol. The van der Waals surface area contributed by atoms with Crippen LogP contribution in [0.4, 0.5) is 0 Å². The largest absolute Gasteiger partial charge is 0.392 e. The first-order chi connectivity index (χ1) is 7.66. The van der Waals surface area contributed by atoms with Crippen molar-refractivity contribution >= 4 is 23.1 Å². The molecule has 2 rings (SSSR count). The van der Waals surface area contributed by atoms with Gasteiger partial charge in [0.15, 0.2) is 0 Å². The Labute approximate surface area is 109 Å². The molecule has 0 bridgehead atoms. The Balaban J connectivity index is 1.89. The summed E-state index contributed by atoms with van der Waals surface area (Å²) in [4.78, 5) is 12.4. The van der Waals surface area contributed by atoms with Crippen LogP contribution in [0.25, 0.3) is 0 Å². The number of carbonyl (C=O) groups is 1. The van der Waals surface area contributed by atoms with Crippen LogP contribution in [0, 0.1) is 22.2 Å². The van der Waals surface area contributed by atoms with Crippen LogP contribution in [-0.2, 0) is 4.79 Å². The van der Waals surface area contributed by atoms with Crippen molar-refractivity contribution in [3.8, 4) is 0 Å². The minimum absolute atomic E-state index is 0.0310. The average molecular weight is 254 g/mol. The summed E-state index contributed by atoms with van der Waals surface area (Å²) in [6.07, 6.45) is 1.62. The Kier molecular flexibility index (Phi) is 2.59. The fraction of sp³-hybridized carbons (Fsp3) is 0.846. The summed E-state index contributed by atoms with van der Waals surface area (Å²) in [6.45, 7) is 9.76. The van der Waals surface area contributed by atoms with Crippen molar-refractivity contribution in [1.29, 1.82) is 0 Å². The van der Waals surface area contributed by atoms with E-state index in [1.165, 1.54) is 0 Å². The van der Waals surface area contributed by atoms with E-state index in [0.29, 0.717) is 21.7 Å². The van der Waals surface area contributed by atoms with Gasteiger partial charge in [-0.25, -0.2) is 0 Å². The van der Waals surface area contributed by atoms with Crippen molar-refractivity contribution < 1.29 is 4.79 Å². The summed E-state index contributed by atoms with van der Waals surface area (Å²) < 4.78 is 0. The van der Waals surface area contributed by atoms with Gasteiger partial charge in [-0.2, -0.15) is 0 Å². The molecule has 0 saturated heterocycles. The van der Waals surface area contributed by atoms with E-state index >= 15 is 0 Å². The second-order valence-corrected chi connectivity index (χ2v) is 7.09. The third-order valence-corrected chi connectivity index (χ3v) is 5.83. The molecule has 3 N–H and O–H groups in total. The predicted molar refractivity (Wildman–Crippen MR) is 72.5 cm³/mol. The Bertz CT molecular complexity index is 369. The van der Waals surface area contributed by atoms with E-state index in [-0.39, 0.29) is 5.91 Å². The first kappa shape index (κ1) is 12.8. The molecular formula is C13H22N2OS. The lowest BCUT2D eigenvalue weighted by molar-refractivity contribution is -0.124. The summed E-state index contributed by atoms with van der Waals surface area (Å²) in [6, 6.07) is 0. The van der Waals surface area contributed by atoms with Gasteiger partial charge >= 0.3 is 0 Å². The molecule has 4 heteroatoms. The van der Waals surface area contributed by atoms with Crippen molar-refractivity contribution in [3.63, 3.8) is 0 Å². The molecule has 0 aromatic carbocycles. The highest BCUT2D eigenvalue weighted by molar-refractivity contribution is 7.80. The van der Waals surface area contributed by atoms with E-state index in [1.54, 1.807) is 0 Å². The van der Waals surface area contributed by atoms with E-state index in [9.17, 15) is 4.79 Å². The number of hydrogen-bond acceptors (Lipinski definition) is 2. The highest BCUT2D eigenvalue weighted by atomic mass is 32.1. The summed E-state index contributed by atoms with van der Waals surface area (Å²) in [5, 5.41) is 3.03. The van der Waals surface area contributed by atoms with Crippen LogP contribution in [-0.4, -0.2) is 17.4 Å². The van der Waals surface area contributed by atoms with Crippen LogP contribution >= 0.6 is 12.2 Å². The molecule has 0 atom stereocenters. The molecule has 2 aliphatic rings. The van der Waals surface area contributed by atoms with Crippen LogP contribution in [0.15, 0.2) is 0 Å². The molecule has 1 amide bonds. The van der Waals surface area contributed by atoms with Crippen LogP contribution < -0.4 is 11.1 Å². The predicted octanol–water partition coefficient (Wildman–Crippen LogP) is 1.85. The summed E-state index contributed by atoms with van der Waals surface area (Å²) in [7, 11) is 0. The molecule has 0 aromatic heterocycles. The number of rotatable bonds is 4. The highest BCUT2D eigenvalue weighted by Gasteiger charge is 2.64. The molecular weight excluding hydrogens is 232 g/mol. The van der Waals surface area contributed by atoms with Gasteiger partial charge in [0.2, 0.25) is 5.91 Å². The average Bonchev–Trinajstić information content (AvgIpc) is 3.03. The molecule has 0 aromatic rings. The fourth-order valence-corrected chi connectivity index (χ4v) is 3.21. The molecule has 0 spiro atoms. The van der Waals surface area contributed by atoms with Gasteiger partial charge < -0.3 is 11.1 Å². The number of nitrogens with two attached hydrogens (primary N) is 1. The maximum absolute atomic E-state index is 12.0. The van der Waals surface area contributed by atoms with Gasteiger partial charge in [-0.1, -0.05) is 39.9 Å². The Morgan fingerprint density at radius 2 is 1.76 bits per heavy atom. The van der Waals surface area contributed by atoms with E-state index in [2.05, 4.69) is 33.0 Å². The van der Waals surface area contributed by atoms with Crippen molar-refractivity contribution in [1.82, 2.24) is 5.32 Å². The Morgan fingerprint density at radius 3 is 2.06 bits per heavy atom. The first-order valence-electron chi connectivity index (χ1n) is 6.24. The highest BCUT2D eigenvalue weighted by Crippen LogP contribution is 2.68. The number of hydrogen-bond donors (Lipinski definition) is 2. The van der Waals surface area contributed by atoms with Crippen LogP contribution in [0.3, 0.4) is 0 Å². The second kappa shape index (κ2) is 3.44. The van der Waals surface area contributed by atoms with Crippen LogP contribution in [0.5, 0.6) is 0 Å². The van der Waals surface area contributed by atoms with Gasteiger partial charge in [0.25, 0.3) is 0 Å². The lowest BCUT2D eigenvalue weighted by Gasteiger charge is -2.14. The molecule has 0 heterocycles. The van der Waals surface area contributed by atoms with Gasteiger partial charge in [0, 0.05) is 6.54 Å². The lowest BCUT2D eigenvalue weighted by atomic mass is 10.0. The Morgan fingerprint density at radius 1 is 1.29 bits per heavy atom. The van der Waals surface area contributed by atoms with Crippen molar-refractivity contribution in [2.75, 3.05) is 6.54 Å². The standard InChI is InChI=1S/C13H22N2OS/c1-11(2)8(12(11,3)4)7-15-10(16)13(5-6-13)9(14)17/h8H,5-7H2,1-4H3,(H2,14,17)(H,15,16). The number of thiocarbonyl (C=S) groups is 1. The third-order valence-electron chi connectivity index (χ3n) is 5.44. The van der Waals surface area contributed by atoms with Crippen LogP contribution in [0.1, 0.15) is 40.5 Å². The Hall–Kier alpha value is -0.640. The molecule has 0 unspecified atom stereocenters. The van der Waals surface area contributed by atoms with Crippen molar-refractivity contribution in [3.05, 3.63) is 0 Å². The van der Waals surface area contributed by atoms with Crippen molar-refractivity contribution in [2.45, 2.75) is 40.5 Å². The molecule has 2 aliphatic carbocycles. The maximum atomic E-state index is 12.0. The molecule has 2 saturated carbocycles. The van der Waals surface area contributed by atoms with Gasteiger partial charge in [-0.3, -0.25) is 4.79 Å². The smallest absolute Gasteiger partial charge is 0.233 e. The minimum atomic E-state index is -0.515. The zero-order valence-electron chi connectivity index (χ0n) is 11.1. The summed E-state index contributed by atoms with van der Waals surface area (Å²) >= 11 is 4.97. The zero-order valence-corrected chi connectivity index (χ0v) is 11.9. The van der Waals surface area contributed by atoms with Gasteiger partial charge in [-0.15, -0.1) is 0 Å². The third kappa shape index (κ3) is 1.68. The van der Waals surface area contributed by atoms with Crippen LogP contribution in [0.2, 0.25) is 0 Å². The minimum Gasteiger partial charge on any atom is -0.392 e. The number of nitrogens with one attached hydrogen (secondary N) is 1. The van der Waals surface area contributed by atoms with E-state index in [1.807, 2.05) is 0 Å². The van der Waals surface area contributed by atoms with E-state index in [0.717, 1.165) is 19.4 Å². The second-order valence-electron chi connectivity index (χ2n) is 6.65. The van der Waals surface area contributed by atoms with Crippen molar-refractivity contribution in [2.24, 2.45) is 27.9 Å². The molecule has 17 heavy (non-hydrogen) atoms. The first-order valence-corrected chi connectivity index (χ1v) is 6.65. The molecule has 96 valence electrons. The lowest BCUT2D eigenvalue weighted by Crippen LogP contribution is -2.40. The maximum Gasteiger partial charge on any atom is 0.233 e. The van der Waals surface area contributed by atoms with Gasteiger partial charge in [0.05, 0.1) is 10.4 Å². The quantitative estimate of drug-likeness (QED) is 0.753. The molecule has 0 aliphatic heterocycles. The van der Waals surface area contributed by atoms with Gasteiger partial charge in [0.1, 0.15) is 0 Å². The molecule has 3 nitrogen and oxygen atoms in total. The number of amides is 1.